The SMILES string of the molecule is Cn1cc(CCl)cc1C#N. The molecule has 0 aliphatic carbocycles. The first-order valence-electron chi connectivity index (χ1n) is 2.89. The molecular weight excluding hydrogens is 148 g/mol. The number of nitrogens with zero attached hydrogens (tertiary/aromatic N) is 2. The maximum atomic E-state index is 8.51. The van der Waals surface area contributed by atoms with Gasteiger partial charge in [-0.3, -0.25) is 0 Å². The van der Waals surface area contributed by atoms with Crippen LogP contribution in [0.2, 0.25) is 0 Å². The standard InChI is InChI=1S/C7H7ClN2/c1-10-5-6(3-8)2-7(10)4-9/h2,5H,3H2,1H3. The molecule has 0 spiro atoms. The molecule has 52 valence electrons. The predicted octanol–water partition coefficient (Wildman–Crippen LogP) is 1.64. The normalized spacial score (nSPS) is 9.30. The van der Waals surface area contributed by atoms with E-state index in [0.29, 0.717) is 11.6 Å². The lowest BCUT2D eigenvalue weighted by Gasteiger charge is -1.87. The predicted molar refractivity (Wildman–Crippen MR) is 39.7 cm³/mol. The lowest BCUT2D eigenvalue weighted by molar-refractivity contribution is 0.905. The molecule has 1 heterocycles. The summed E-state index contributed by atoms with van der Waals surface area (Å²) in [5, 5.41) is 8.51. The van der Waals surface area contributed by atoms with Crippen LogP contribution in [0.5, 0.6) is 0 Å². The van der Waals surface area contributed by atoms with Gasteiger partial charge in [0.05, 0.1) is 0 Å². The Morgan fingerprint density at radius 1 is 1.80 bits per heavy atom. The maximum absolute atomic E-state index is 8.51. The van der Waals surface area contributed by atoms with E-state index in [2.05, 4.69) is 6.07 Å². The van der Waals surface area contributed by atoms with Gasteiger partial charge in [-0.1, -0.05) is 0 Å². The molecule has 0 saturated carbocycles. The van der Waals surface area contributed by atoms with Crippen LogP contribution in [-0.2, 0) is 12.9 Å². The Morgan fingerprint density at radius 2 is 2.50 bits per heavy atom. The van der Waals surface area contributed by atoms with E-state index in [0.717, 1.165) is 5.56 Å². The van der Waals surface area contributed by atoms with Crippen LogP contribution in [0, 0.1) is 11.3 Å². The number of aromatic nitrogens is 1. The van der Waals surface area contributed by atoms with E-state index in [1.807, 2.05) is 13.2 Å². The van der Waals surface area contributed by atoms with Crippen molar-refractivity contribution in [1.29, 1.82) is 5.26 Å². The molecule has 0 fully saturated rings. The van der Waals surface area contributed by atoms with Crippen LogP contribution < -0.4 is 0 Å². The lowest BCUT2D eigenvalue weighted by atomic mass is 10.3. The molecule has 0 saturated heterocycles. The molecule has 0 aromatic carbocycles. The minimum atomic E-state index is 0.468. The van der Waals surface area contributed by atoms with Crippen molar-refractivity contribution in [1.82, 2.24) is 4.57 Å². The van der Waals surface area contributed by atoms with Crippen molar-refractivity contribution in [2.75, 3.05) is 0 Å². The summed E-state index contributed by atoms with van der Waals surface area (Å²) in [4.78, 5) is 0. The quantitative estimate of drug-likeness (QED) is 0.566. The van der Waals surface area contributed by atoms with Gasteiger partial charge in [0.1, 0.15) is 11.8 Å². The molecule has 2 nitrogen and oxygen atoms in total. The fourth-order valence-corrected chi connectivity index (χ4v) is 0.963. The number of alkyl halides is 1. The highest BCUT2D eigenvalue weighted by Gasteiger charge is 1.98. The first-order valence-corrected chi connectivity index (χ1v) is 3.42. The van der Waals surface area contributed by atoms with Crippen molar-refractivity contribution >= 4 is 11.6 Å². The van der Waals surface area contributed by atoms with E-state index in [4.69, 9.17) is 16.9 Å². The Morgan fingerprint density at radius 3 is 2.80 bits per heavy atom. The smallest absolute Gasteiger partial charge is 0.120 e. The molecule has 0 radical (unpaired) electrons. The fourth-order valence-electron chi connectivity index (χ4n) is 0.817. The van der Waals surface area contributed by atoms with Gasteiger partial charge < -0.3 is 4.57 Å². The Labute approximate surface area is 64.6 Å². The van der Waals surface area contributed by atoms with Gasteiger partial charge in [0.25, 0.3) is 0 Å². The van der Waals surface area contributed by atoms with Crippen LogP contribution in [0.1, 0.15) is 11.3 Å². The van der Waals surface area contributed by atoms with Gasteiger partial charge in [0, 0.05) is 19.1 Å². The third kappa shape index (κ3) is 1.14. The largest absolute Gasteiger partial charge is 0.342 e. The van der Waals surface area contributed by atoms with E-state index in [-0.39, 0.29) is 0 Å². The summed E-state index contributed by atoms with van der Waals surface area (Å²) in [7, 11) is 1.83. The molecular formula is C7H7ClN2. The van der Waals surface area contributed by atoms with E-state index < -0.39 is 0 Å². The summed E-state index contributed by atoms with van der Waals surface area (Å²) in [5.41, 5.74) is 1.64. The minimum Gasteiger partial charge on any atom is -0.342 e. The number of nitriles is 1. The second-order valence-electron chi connectivity index (χ2n) is 2.09. The van der Waals surface area contributed by atoms with Gasteiger partial charge in [-0.25, -0.2) is 0 Å². The third-order valence-electron chi connectivity index (χ3n) is 1.33. The average molecular weight is 155 g/mol. The van der Waals surface area contributed by atoms with Crippen LogP contribution in [0.4, 0.5) is 0 Å². The highest BCUT2D eigenvalue weighted by Crippen LogP contribution is 2.07. The van der Waals surface area contributed by atoms with Gasteiger partial charge in [-0.2, -0.15) is 5.26 Å². The van der Waals surface area contributed by atoms with Crippen LogP contribution in [0.3, 0.4) is 0 Å². The first-order chi connectivity index (χ1) is 4.77. The lowest BCUT2D eigenvalue weighted by Crippen LogP contribution is -1.86. The zero-order valence-electron chi connectivity index (χ0n) is 5.63. The number of rotatable bonds is 1. The Hall–Kier alpha value is -0.940. The zero-order chi connectivity index (χ0) is 7.56. The van der Waals surface area contributed by atoms with Crippen LogP contribution in [0.25, 0.3) is 0 Å². The van der Waals surface area contributed by atoms with E-state index in [1.165, 1.54) is 0 Å². The molecule has 0 bridgehead atoms. The summed E-state index contributed by atoms with van der Waals surface area (Å²) in [6.07, 6.45) is 1.85. The topological polar surface area (TPSA) is 28.7 Å². The number of hydrogen-bond acceptors (Lipinski definition) is 1. The highest BCUT2D eigenvalue weighted by molar-refractivity contribution is 6.17. The third-order valence-corrected chi connectivity index (χ3v) is 1.64. The molecule has 0 amide bonds. The average Bonchev–Trinajstić information content (AvgIpc) is 2.30. The monoisotopic (exact) mass is 154 g/mol. The van der Waals surface area contributed by atoms with Gasteiger partial charge in [-0.15, -0.1) is 11.6 Å². The van der Waals surface area contributed by atoms with Crippen LogP contribution >= 0.6 is 11.6 Å². The van der Waals surface area contributed by atoms with Crippen molar-refractivity contribution in [3.05, 3.63) is 23.5 Å². The summed E-state index contributed by atoms with van der Waals surface area (Å²) >= 11 is 5.55. The first kappa shape index (κ1) is 7.17. The van der Waals surface area contributed by atoms with Crippen molar-refractivity contribution in [3.63, 3.8) is 0 Å². The summed E-state index contributed by atoms with van der Waals surface area (Å²) in [6.45, 7) is 0. The van der Waals surface area contributed by atoms with Gasteiger partial charge in [0.15, 0.2) is 0 Å². The summed E-state index contributed by atoms with van der Waals surface area (Å²) in [5.74, 6) is 0.468. The molecule has 0 N–H and O–H groups in total. The molecule has 1 rings (SSSR count). The summed E-state index contributed by atoms with van der Waals surface area (Å²) < 4.78 is 1.76. The van der Waals surface area contributed by atoms with E-state index in [1.54, 1.807) is 10.6 Å². The Balaban J connectivity index is 3.07. The van der Waals surface area contributed by atoms with Gasteiger partial charge in [0.2, 0.25) is 0 Å². The number of aryl methyl sites for hydroxylation is 1. The van der Waals surface area contributed by atoms with Gasteiger partial charge >= 0.3 is 0 Å². The second kappa shape index (κ2) is 2.76. The molecule has 10 heavy (non-hydrogen) atoms. The highest BCUT2D eigenvalue weighted by atomic mass is 35.5. The maximum Gasteiger partial charge on any atom is 0.120 e. The van der Waals surface area contributed by atoms with Crippen molar-refractivity contribution in [2.45, 2.75) is 5.88 Å². The zero-order valence-corrected chi connectivity index (χ0v) is 6.39. The van der Waals surface area contributed by atoms with Crippen molar-refractivity contribution in [2.24, 2.45) is 7.05 Å². The summed E-state index contributed by atoms with van der Waals surface area (Å²) in [6, 6.07) is 3.84. The Kier molecular flexibility index (Phi) is 1.98. The number of hydrogen-bond donors (Lipinski definition) is 0. The molecule has 0 aliphatic rings. The second-order valence-corrected chi connectivity index (χ2v) is 2.36. The van der Waals surface area contributed by atoms with Gasteiger partial charge in [-0.05, 0) is 11.6 Å². The van der Waals surface area contributed by atoms with Crippen molar-refractivity contribution < 1.29 is 0 Å². The molecule has 0 atom stereocenters. The molecule has 0 unspecified atom stereocenters. The van der Waals surface area contributed by atoms with E-state index >= 15 is 0 Å². The number of halogens is 1. The molecule has 1 aromatic heterocycles. The molecule has 0 aliphatic heterocycles. The Bertz CT molecular complexity index is 270. The van der Waals surface area contributed by atoms with E-state index in [9.17, 15) is 0 Å². The fraction of sp³-hybridized carbons (Fsp3) is 0.286. The van der Waals surface area contributed by atoms with Crippen LogP contribution in [0.15, 0.2) is 12.3 Å². The molecule has 3 heteroatoms. The van der Waals surface area contributed by atoms with Crippen molar-refractivity contribution in [3.8, 4) is 6.07 Å². The molecule has 1 aromatic rings. The minimum absolute atomic E-state index is 0.468. The van der Waals surface area contributed by atoms with Crippen LogP contribution in [-0.4, -0.2) is 4.57 Å².